The van der Waals surface area contributed by atoms with Crippen molar-refractivity contribution in [3.63, 3.8) is 0 Å². The van der Waals surface area contributed by atoms with Gasteiger partial charge in [-0.25, -0.2) is 4.39 Å². The molecule has 1 unspecified atom stereocenters. The summed E-state index contributed by atoms with van der Waals surface area (Å²) in [5, 5.41) is 0. The molecule has 1 spiro atoms. The van der Waals surface area contributed by atoms with Gasteiger partial charge in [-0.15, -0.1) is 0 Å². The Labute approximate surface area is 165 Å². The van der Waals surface area contributed by atoms with E-state index in [0.29, 0.717) is 6.54 Å². The minimum absolute atomic E-state index is 0.0376. The predicted octanol–water partition coefficient (Wildman–Crippen LogP) is 3.65. The average Bonchev–Trinajstić information content (AvgIpc) is 2.72. The highest BCUT2D eigenvalue weighted by Gasteiger charge is 2.45. The summed E-state index contributed by atoms with van der Waals surface area (Å²) in [5.41, 5.74) is 1.83. The molecule has 0 bridgehead atoms. The largest absolute Gasteiger partial charge is 0.360 e. The first kappa shape index (κ1) is 19.1. The van der Waals surface area contributed by atoms with Crippen molar-refractivity contribution in [3.8, 4) is 0 Å². The van der Waals surface area contributed by atoms with Crippen LogP contribution in [-0.2, 0) is 16.0 Å². The van der Waals surface area contributed by atoms with Crippen molar-refractivity contribution >= 4 is 11.6 Å². The molecule has 2 saturated heterocycles. The van der Waals surface area contributed by atoms with Crippen molar-refractivity contribution in [1.82, 2.24) is 4.90 Å². The minimum atomic E-state index is -0.417. The number of rotatable bonds is 4. The van der Waals surface area contributed by atoms with Gasteiger partial charge in [-0.05, 0) is 56.0 Å². The van der Waals surface area contributed by atoms with E-state index < -0.39 is 6.10 Å². The Kier molecular flexibility index (Phi) is 5.47. The lowest BCUT2D eigenvalue weighted by Gasteiger charge is -2.49. The molecule has 2 aliphatic heterocycles. The van der Waals surface area contributed by atoms with Crippen molar-refractivity contribution in [2.45, 2.75) is 37.9 Å². The van der Waals surface area contributed by atoms with Gasteiger partial charge >= 0.3 is 0 Å². The third kappa shape index (κ3) is 4.10. The molecule has 2 aliphatic rings. The first-order chi connectivity index (χ1) is 13.5. The Morgan fingerprint density at radius 3 is 2.43 bits per heavy atom. The number of amides is 1. The molecule has 0 aromatic heterocycles. The van der Waals surface area contributed by atoms with Gasteiger partial charge in [0.05, 0.1) is 12.1 Å². The van der Waals surface area contributed by atoms with Crippen LogP contribution >= 0.6 is 0 Å². The minimum Gasteiger partial charge on any atom is -0.360 e. The number of nitrogens with zero attached hydrogens (tertiary/aromatic N) is 2. The van der Waals surface area contributed by atoms with Gasteiger partial charge in [0.25, 0.3) is 5.91 Å². The zero-order valence-electron chi connectivity index (χ0n) is 16.3. The number of ether oxygens (including phenoxy) is 1. The number of piperidine rings is 1. The number of hydrogen-bond donors (Lipinski definition) is 0. The Balaban J connectivity index is 1.37. The summed E-state index contributed by atoms with van der Waals surface area (Å²) in [6.45, 7) is 5.33. The zero-order chi connectivity index (χ0) is 19.6. The summed E-state index contributed by atoms with van der Waals surface area (Å²) in [4.78, 5) is 17.0. The highest BCUT2D eigenvalue weighted by atomic mass is 19.1. The number of benzene rings is 2. The van der Waals surface area contributed by atoms with E-state index in [1.807, 2.05) is 54.3 Å². The summed E-state index contributed by atoms with van der Waals surface area (Å²) in [5.74, 6) is -0.152. The maximum Gasteiger partial charge on any atom is 0.255 e. The highest BCUT2D eigenvalue weighted by Crippen LogP contribution is 2.35. The van der Waals surface area contributed by atoms with Crippen LogP contribution in [0.3, 0.4) is 0 Å². The van der Waals surface area contributed by atoms with Crippen LogP contribution < -0.4 is 4.90 Å². The molecular weight excluding hydrogens is 355 g/mol. The number of halogens is 1. The van der Waals surface area contributed by atoms with E-state index in [4.69, 9.17) is 4.74 Å². The Morgan fingerprint density at radius 1 is 1.07 bits per heavy atom. The molecule has 0 N–H and O–H groups in total. The molecule has 1 amide bonds. The van der Waals surface area contributed by atoms with Crippen molar-refractivity contribution in [1.29, 1.82) is 0 Å². The van der Waals surface area contributed by atoms with E-state index >= 15 is 0 Å². The number of likely N-dealkylation sites (tertiary alicyclic amines) is 1. The SMILES string of the molecule is CC1OC2(CCN(CCc3ccc(F)cc3)CC2)CN(c2ccccc2)C1=O. The summed E-state index contributed by atoms with van der Waals surface area (Å²) >= 11 is 0. The molecule has 0 saturated carbocycles. The second-order valence-electron chi connectivity index (χ2n) is 7.92. The second-order valence-corrected chi connectivity index (χ2v) is 7.92. The molecule has 2 fully saturated rings. The van der Waals surface area contributed by atoms with Gasteiger partial charge in [-0.1, -0.05) is 30.3 Å². The van der Waals surface area contributed by atoms with Crippen LogP contribution in [0.5, 0.6) is 0 Å². The molecule has 0 radical (unpaired) electrons. The van der Waals surface area contributed by atoms with Crippen LogP contribution in [0.2, 0.25) is 0 Å². The second kappa shape index (κ2) is 8.02. The summed E-state index contributed by atoms with van der Waals surface area (Å²) in [6, 6.07) is 16.6. The number of hydrogen-bond acceptors (Lipinski definition) is 3. The van der Waals surface area contributed by atoms with Crippen molar-refractivity contribution in [2.24, 2.45) is 0 Å². The van der Waals surface area contributed by atoms with Gasteiger partial charge in [0.15, 0.2) is 0 Å². The normalized spacial score (nSPS) is 22.6. The maximum absolute atomic E-state index is 13.0. The maximum atomic E-state index is 13.0. The van der Waals surface area contributed by atoms with Gasteiger partial charge < -0.3 is 14.5 Å². The lowest BCUT2D eigenvalue weighted by molar-refractivity contribution is -0.161. The van der Waals surface area contributed by atoms with E-state index in [1.54, 1.807) is 0 Å². The fourth-order valence-corrected chi connectivity index (χ4v) is 4.27. The third-order valence-corrected chi connectivity index (χ3v) is 5.95. The molecule has 2 heterocycles. The number of morpholine rings is 1. The first-order valence-corrected chi connectivity index (χ1v) is 10.1. The van der Waals surface area contributed by atoms with Crippen LogP contribution in [0.4, 0.5) is 10.1 Å². The standard InChI is InChI=1S/C23H27FN2O2/c1-18-22(27)26(21-5-3-2-4-6-21)17-23(28-18)12-15-25(16-13-23)14-11-19-7-9-20(24)10-8-19/h2-10,18H,11-17H2,1H3. The molecule has 2 aromatic rings. The van der Waals surface area contributed by atoms with E-state index in [9.17, 15) is 9.18 Å². The number of carbonyl (C=O) groups excluding carboxylic acids is 1. The number of carbonyl (C=O) groups is 1. The van der Waals surface area contributed by atoms with E-state index in [-0.39, 0.29) is 17.3 Å². The van der Waals surface area contributed by atoms with Crippen LogP contribution in [0.25, 0.3) is 0 Å². The van der Waals surface area contributed by atoms with E-state index in [1.165, 1.54) is 12.1 Å². The van der Waals surface area contributed by atoms with Gasteiger partial charge in [-0.3, -0.25) is 4.79 Å². The molecule has 148 valence electrons. The smallest absolute Gasteiger partial charge is 0.255 e. The zero-order valence-corrected chi connectivity index (χ0v) is 16.3. The average molecular weight is 382 g/mol. The van der Waals surface area contributed by atoms with Gasteiger partial charge in [0.2, 0.25) is 0 Å². The molecule has 5 heteroatoms. The predicted molar refractivity (Wildman–Crippen MR) is 108 cm³/mol. The summed E-state index contributed by atoms with van der Waals surface area (Å²) in [6.07, 6.45) is 2.33. The first-order valence-electron chi connectivity index (χ1n) is 10.1. The summed E-state index contributed by atoms with van der Waals surface area (Å²) < 4.78 is 19.3. The highest BCUT2D eigenvalue weighted by molar-refractivity contribution is 5.97. The fourth-order valence-electron chi connectivity index (χ4n) is 4.27. The van der Waals surface area contributed by atoms with Crippen LogP contribution in [0.1, 0.15) is 25.3 Å². The Bertz CT molecular complexity index is 801. The molecule has 4 rings (SSSR count). The van der Waals surface area contributed by atoms with Crippen LogP contribution in [0, 0.1) is 5.82 Å². The molecule has 28 heavy (non-hydrogen) atoms. The summed E-state index contributed by atoms with van der Waals surface area (Å²) in [7, 11) is 0. The van der Waals surface area contributed by atoms with E-state index in [2.05, 4.69) is 4.90 Å². The van der Waals surface area contributed by atoms with Crippen molar-refractivity contribution in [2.75, 3.05) is 31.1 Å². The van der Waals surface area contributed by atoms with Crippen molar-refractivity contribution < 1.29 is 13.9 Å². The molecular formula is C23H27FN2O2. The Morgan fingerprint density at radius 2 is 1.75 bits per heavy atom. The van der Waals surface area contributed by atoms with Gasteiger partial charge in [0.1, 0.15) is 11.9 Å². The van der Waals surface area contributed by atoms with Crippen LogP contribution in [0.15, 0.2) is 54.6 Å². The molecule has 0 aliphatic carbocycles. The topological polar surface area (TPSA) is 32.8 Å². The van der Waals surface area contributed by atoms with Crippen molar-refractivity contribution in [3.05, 3.63) is 66.0 Å². The molecule has 2 aromatic carbocycles. The third-order valence-electron chi connectivity index (χ3n) is 5.95. The lowest BCUT2D eigenvalue weighted by atomic mass is 9.88. The van der Waals surface area contributed by atoms with Crippen LogP contribution in [-0.4, -0.2) is 48.7 Å². The molecule has 1 atom stereocenters. The van der Waals surface area contributed by atoms with Gasteiger partial charge in [0, 0.05) is 25.3 Å². The number of para-hydroxylation sites is 1. The van der Waals surface area contributed by atoms with E-state index in [0.717, 1.165) is 50.1 Å². The monoisotopic (exact) mass is 382 g/mol. The molecule has 4 nitrogen and oxygen atoms in total. The lowest BCUT2D eigenvalue weighted by Crippen LogP contribution is -2.61. The fraction of sp³-hybridized carbons (Fsp3) is 0.435. The van der Waals surface area contributed by atoms with Gasteiger partial charge in [-0.2, -0.15) is 0 Å². The Hall–Kier alpha value is -2.24. The quantitative estimate of drug-likeness (QED) is 0.809. The number of anilines is 1.